The minimum Gasteiger partial charge on any atom is -0.378 e. The third kappa shape index (κ3) is 5.10. The summed E-state index contributed by atoms with van der Waals surface area (Å²) in [7, 11) is 0. The van der Waals surface area contributed by atoms with Crippen LogP contribution in [-0.2, 0) is 6.54 Å². The van der Waals surface area contributed by atoms with Crippen molar-refractivity contribution in [2.45, 2.75) is 25.9 Å². The molecular weight excluding hydrogens is 428 g/mol. The molecule has 2 aromatic carbocycles. The molecule has 1 unspecified atom stereocenters. The van der Waals surface area contributed by atoms with Crippen LogP contribution in [0.3, 0.4) is 0 Å². The number of benzene rings is 2. The van der Waals surface area contributed by atoms with E-state index in [9.17, 15) is 4.79 Å². The van der Waals surface area contributed by atoms with Crippen molar-refractivity contribution in [3.8, 4) is 5.69 Å². The Balaban J connectivity index is 1.19. The van der Waals surface area contributed by atoms with Crippen molar-refractivity contribution >= 4 is 23.1 Å². The zero-order valence-electron chi connectivity index (χ0n) is 19.0. The van der Waals surface area contributed by atoms with Gasteiger partial charge in [0.25, 0.3) is 0 Å². The summed E-state index contributed by atoms with van der Waals surface area (Å²) in [6.07, 6.45) is 8.47. The number of nitrogens with zero attached hydrogens (tertiary/aromatic N) is 4. The largest absolute Gasteiger partial charge is 0.378 e. The molecule has 0 saturated carbocycles. The standard InChI is InChI=1S/C25H28N8O/c1-18-5-2-3-8-24(18)31-25(34)30-21-14-29-32(17-21)22-7-4-6-19(11-22)12-27-20-13-28-33(16-20)23-9-10-26-15-23/h2-8,11,13-14,16-17,23,26-27H,9-10,12,15H2,1H3,(H2,30,31,34). The summed E-state index contributed by atoms with van der Waals surface area (Å²) < 4.78 is 3.78. The normalized spacial score (nSPS) is 15.3. The van der Waals surface area contributed by atoms with Crippen LogP contribution in [0.15, 0.2) is 73.3 Å². The molecule has 4 aromatic rings. The summed E-state index contributed by atoms with van der Waals surface area (Å²) >= 11 is 0. The highest BCUT2D eigenvalue weighted by molar-refractivity contribution is 6.00. The lowest BCUT2D eigenvalue weighted by Gasteiger charge is -2.09. The number of hydrogen-bond acceptors (Lipinski definition) is 5. The van der Waals surface area contributed by atoms with Gasteiger partial charge in [-0.05, 0) is 49.2 Å². The molecule has 4 N–H and O–H groups in total. The molecule has 0 bridgehead atoms. The van der Waals surface area contributed by atoms with Gasteiger partial charge in [-0.2, -0.15) is 10.2 Å². The molecule has 1 aliphatic rings. The summed E-state index contributed by atoms with van der Waals surface area (Å²) in [5.74, 6) is 0. The van der Waals surface area contributed by atoms with E-state index in [1.807, 2.05) is 54.2 Å². The van der Waals surface area contributed by atoms with Gasteiger partial charge in [0.15, 0.2) is 0 Å². The Hall–Kier alpha value is -4.11. The molecule has 1 atom stereocenters. The predicted octanol–water partition coefficient (Wildman–Crippen LogP) is 4.17. The van der Waals surface area contributed by atoms with Gasteiger partial charge in [0.2, 0.25) is 0 Å². The first kappa shape index (κ1) is 21.7. The van der Waals surface area contributed by atoms with Crippen LogP contribution in [0.2, 0.25) is 0 Å². The van der Waals surface area contributed by atoms with Gasteiger partial charge < -0.3 is 21.3 Å². The van der Waals surface area contributed by atoms with Crippen LogP contribution in [0.25, 0.3) is 5.69 Å². The molecule has 1 saturated heterocycles. The average Bonchev–Trinajstić information content (AvgIpc) is 3.61. The molecule has 0 aliphatic carbocycles. The van der Waals surface area contributed by atoms with E-state index in [0.29, 0.717) is 18.3 Å². The molecule has 1 aliphatic heterocycles. The zero-order chi connectivity index (χ0) is 23.3. The molecule has 9 nitrogen and oxygen atoms in total. The summed E-state index contributed by atoms with van der Waals surface area (Å²) in [4.78, 5) is 12.4. The van der Waals surface area contributed by atoms with E-state index in [4.69, 9.17) is 0 Å². The third-order valence-electron chi connectivity index (χ3n) is 5.92. The Morgan fingerprint density at radius 2 is 1.94 bits per heavy atom. The lowest BCUT2D eigenvalue weighted by molar-refractivity contribution is 0.262. The van der Waals surface area contributed by atoms with Gasteiger partial charge in [-0.15, -0.1) is 0 Å². The summed E-state index contributed by atoms with van der Waals surface area (Å²) in [6, 6.07) is 15.9. The van der Waals surface area contributed by atoms with Gasteiger partial charge in [0.05, 0.1) is 41.7 Å². The molecule has 34 heavy (non-hydrogen) atoms. The number of para-hydroxylation sites is 1. The Labute approximate surface area is 198 Å². The number of nitrogens with one attached hydrogen (secondary N) is 4. The van der Waals surface area contributed by atoms with Crippen LogP contribution in [0.5, 0.6) is 0 Å². The fraction of sp³-hybridized carbons (Fsp3) is 0.240. The van der Waals surface area contributed by atoms with Crippen LogP contribution >= 0.6 is 0 Å². The number of amides is 2. The van der Waals surface area contributed by atoms with Crippen LogP contribution in [-0.4, -0.2) is 38.7 Å². The Kier molecular flexibility index (Phi) is 6.26. The highest BCUT2D eigenvalue weighted by atomic mass is 16.2. The van der Waals surface area contributed by atoms with Crippen molar-refractivity contribution < 1.29 is 4.79 Å². The van der Waals surface area contributed by atoms with Crippen molar-refractivity contribution in [1.29, 1.82) is 0 Å². The second-order valence-corrected chi connectivity index (χ2v) is 8.45. The maximum atomic E-state index is 12.4. The van der Waals surface area contributed by atoms with Crippen molar-refractivity contribution in [3.63, 3.8) is 0 Å². The summed E-state index contributed by atoms with van der Waals surface area (Å²) in [5, 5.41) is 21.4. The van der Waals surface area contributed by atoms with Gasteiger partial charge in [-0.1, -0.05) is 30.3 Å². The van der Waals surface area contributed by atoms with Crippen LogP contribution in [0.4, 0.5) is 21.9 Å². The van der Waals surface area contributed by atoms with Gasteiger partial charge in [0, 0.05) is 25.0 Å². The number of carbonyl (C=O) groups is 1. The van der Waals surface area contributed by atoms with E-state index >= 15 is 0 Å². The van der Waals surface area contributed by atoms with E-state index in [2.05, 4.69) is 49.8 Å². The highest BCUT2D eigenvalue weighted by Gasteiger charge is 2.17. The van der Waals surface area contributed by atoms with Crippen molar-refractivity contribution in [3.05, 3.63) is 84.4 Å². The summed E-state index contributed by atoms with van der Waals surface area (Å²) in [5.41, 5.74) is 5.43. The second-order valence-electron chi connectivity index (χ2n) is 8.45. The Morgan fingerprint density at radius 3 is 2.79 bits per heavy atom. The fourth-order valence-corrected chi connectivity index (χ4v) is 4.03. The van der Waals surface area contributed by atoms with E-state index in [1.165, 1.54) is 0 Å². The minimum absolute atomic E-state index is 0.305. The van der Waals surface area contributed by atoms with E-state index in [1.54, 1.807) is 17.1 Å². The number of carbonyl (C=O) groups excluding carboxylic acids is 1. The van der Waals surface area contributed by atoms with Crippen LogP contribution < -0.4 is 21.3 Å². The molecule has 1 fully saturated rings. The third-order valence-corrected chi connectivity index (χ3v) is 5.92. The predicted molar refractivity (Wildman–Crippen MR) is 133 cm³/mol. The SMILES string of the molecule is Cc1ccccc1NC(=O)Nc1cnn(-c2cccc(CNc3cnn(C4CCNC4)c3)c2)c1. The first-order valence-corrected chi connectivity index (χ1v) is 11.4. The first-order valence-electron chi connectivity index (χ1n) is 11.4. The van der Waals surface area contributed by atoms with Crippen molar-refractivity contribution in [2.24, 2.45) is 0 Å². The lowest BCUT2D eigenvalue weighted by atomic mass is 10.2. The smallest absolute Gasteiger partial charge is 0.323 e. The Bertz CT molecular complexity index is 1270. The molecule has 2 aromatic heterocycles. The molecular formula is C25H28N8O. The molecule has 5 rings (SSSR count). The maximum absolute atomic E-state index is 12.4. The lowest BCUT2D eigenvalue weighted by Crippen LogP contribution is -2.19. The number of urea groups is 1. The van der Waals surface area contributed by atoms with Gasteiger partial charge in [-0.3, -0.25) is 4.68 Å². The van der Waals surface area contributed by atoms with Gasteiger partial charge in [0.1, 0.15) is 0 Å². The number of rotatable bonds is 7. The highest BCUT2D eigenvalue weighted by Crippen LogP contribution is 2.19. The topological polar surface area (TPSA) is 101 Å². The number of aryl methyl sites for hydroxylation is 1. The zero-order valence-corrected chi connectivity index (χ0v) is 19.0. The second kappa shape index (κ2) is 9.80. The fourth-order valence-electron chi connectivity index (χ4n) is 4.03. The minimum atomic E-state index is -0.305. The molecule has 0 spiro atoms. The quantitative estimate of drug-likeness (QED) is 0.334. The van der Waals surface area contributed by atoms with Gasteiger partial charge in [-0.25, -0.2) is 9.48 Å². The molecule has 0 radical (unpaired) electrons. The van der Waals surface area contributed by atoms with E-state index < -0.39 is 0 Å². The maximum Gasteiger partial charge on any atom is 0.323 e. The molecule has 2 amide bonds. The Morgan fingerprint density at radius 1 is 1.06 bits per heavy atom. The number of hydrogen-bond donors (Lipinski definition) is 4. The average molecular weight is 457 g/mol. The molecule has 174 valence electrons. The first-order chi connectivity index (χ1) is 16.6. The van der Waals surface area contributed by atoms with Crippen molar-refractivity contribution in [2.75, 3.05) is 29.0 Å². The van der Waals surface area contributed by atoms with Gasteiger partial charge >= 0.3 is 6.03 Å². The molecule has 3 heterocycles. The number of anilines is 3. The van der Waals surface area contributed by atoms with Crippen LogP contribution in [0.1, 0.15) is 23.6 Å². The van der Waals surface area contributed by atoms with Crippen LogP contribution in [0, 0.1) is 6.92 Å². The summed E-state index contributed by atoms with van der Waals surface area (Å²) in [6.45, 7) is 4.64. The van der Waals surface area contributed by atoms with Crippen molar-refractivity contribution in [1.82, 2.24) is 24.9 Å². The van der Waals surface area contributed by atoms with E-state index in [0.717, 1.165) is 47.7 Å². The monoisotopic (exact) mass is 456 g/mol. The molecule has 9 heteroatoms. The van der Waals surface area contributed by atoms with E-state index in [-0.39, 0.29) is 6.03 Å². The number of aromatic nitrogens is 4.